The van der Waals surface area contributed by atoms with Crippen LogP contribution in [0.25, 0.3) is 0 Å². The summed E-state index contributed by atoms with van der Waals surface area (Å²) in [5, 5.41) is 16.1. The molecule has 36 heavy (non-hydrogen) atoms. The second-order valence-corrected chi connectivity index (χ2v) is 12.1. The fourth-order valence-electron chi connectivity index (χ4n) is 8.02. The van der Waals surface area contributed by atoms with E-state index in [1.165, 1.54) is 24.8 Å². The smallest absolute Gasteiger partial charge is 0.307 e. The van der Waals surface area contributed by atoms with Gasteiger partial charge in [-0.1, -0.05) is 17.7 Å². The normalized spacial score (nSPS) is 31.7. The number of nitrogens with zero attached hydrogens (tertiary/aromatic N) is 5. The number of hydrogen-bond acceptors (Lipinski definition) is 5. The lowest BCUT2D eigenvalue weighted by atomic mass is 9.46. The molecule has 4 aliphatic carbocycles. The van der Waals surface area contributed by atoms with Gasteiger partial charge in [0.1, 0.15) is 18.2 Å². The van der Waals surface area contributed by atoms with Crippen molar-refractivity contribution in [2.24, 2.45) is 17.3 Å². The number of benzene rings is 1. The van der Waals surface area contributed by atoms with Gasteiger partial charge in [-0.05, 0) is 73.5 Å². The summed E-state index contributed by atoms with van der Waals surface area (Å²) in [5.74, 6) is 0.994. The van der Waals surface area contributed by atoms with Crippen molar-refractivity contribution in [2.45, 2.75) is 57.0 Å². The van der Waals surface area contributed by atoms with Crippen LogP contribution in [0.1, 0.15) is 50.5 Å². The molecule has 2 unspecified atom stereocenters. The second kappa shape index (κ2) is 8.80. The van der Waals surface area contributed by atoms with E-state index in [2.05, 4.69) is 10.00 Å². The molecule has 1 amide bonds. The summed E-state index contributed by atoms with van der Waals surface area (Å²) in [7, 11) is 0. The predicted molar refractivity (Wildman–Crippen MR) is 132 cm³/mol. The van der Waals surface area contributed by atoms with Crippen LogP contribution in [0, 0.1) is 33.2 Å². The summed E-state index contributed by atoms with van der Waals surface area (Å²) in [6, 6.07) is 4.50. The van der Waals surface area contributed by atoms with Gasteiger partial charge >= 0.3 is 5.69 Å². The van der Waals surface area contributed by atoms with Crippen molar-refractivity contribution in [1.82, 2.24) is 19.6 Å². The Morgan fingerprint density at radius 2 is 1.89 bits per heavy atom. The van der Waals surface area contributed by atoms with E-state index in [0.29, 0.717) is 42.9 Å². The summed E-state index contributed by atoms with van der Waals surface area (Å²) in [6.45, 7) is 3.53. The topological polar surface area (TPSA) is 84.5 Å². The zero-order valence-corrected chi connectivity index (χ0v) is 21.0. The van der Waals surface area contributed by atoms with Crippen molar-refractivity contribution >= 4 is 23.2 Å². The molecule has 2 heterocycles. The molecule has 0 spiro atoms. The molecule has 5 fully saturated rings. The summed E-state index contributed by atoms with van der Waals surface area (Å²) >= 11 is 6.20. The third kappa shape index (κ3) is 4.30. The number of carbonyl (C=O) groups is 1. The highest BCUT2D eigenvalue weighted by Crippen LogP contribution is 2.65. The Morgan fingerprint density at radius 3 is 2.53 bits per heavy atom. The highest BCUT2D eigenvalue weighted by atomic mass is 35.5. The van der Waals surface area contributed by atoms with Crippen LogP contribution in [0.3, 0.4) is 0 Å². The van der Waals surface area contributed by atoms with Crippen LogP contribution in [0.15, 0.2) is 30.6 Å². The number of piperazine rings is 1. The zero-order valence-electron chi connectivity index (χ0n) is 20.2. The first-order valence-corrected chi connectivity index (χ1v) is 13.2. The minimum atomic E-state index is -0.382. The molecule has 1 aromatic heterocycles. The number of rotatable bonds is 6. The van der Waals surface area contributed by atoms with E-state index in [9.17, 15) is 19.3 Å². The Balaban J connectivity index is 1.11. The predicted octanol–water partition coefficient (Wildman–Crippen LogP) is 4.61. The molecule has 192 valence electrons. The summed E-state index contributed by atoms with van der Waals surface area (Å²) in [4.78, 5) is 28.6. The quantitative estimate of drug-likeness (QED) is 0.414. The van der Waals surface area contributed by atoms with Gasteiger partial charge in [-0.15, -0.1) is 0 Å². The molecule has 8 nitrogen and oxygen atoms in total. The Morgan fingerprint density at radius 1 is 1.17 bits per heavy atom. The number of carbonyl (C=O) groups excluding carboxylic acids is 1. The minimum Gasteiger partial charge on any atom is -0.340 e. The van der Waals surface area contributed by atoms with Crippen molar-refractivity contribution in [2.75, 3.05) is 26.2 Å². The van der Waals surface area contributed by atoms with Crippen LogP contribution in [-0.4, -0.2) is 56.6 Å². The molecule has 10 heteroatoms. The number of halogens is 2. The third-order valence-electron chi connectivity index (χ3n) is 9.08. The van der Waals surface area contributed by atoms with Crippen LogP contribution >= 0.6 is 11.6 Å². The summed E-state index contributed by atoms with van der Waals surface area (Å²) in [6.07, 6.45) is 9.73. The number of hydrogen-bond donors (Lipinski definition) is 0. The Bertz CT molecular complexity index is 1180. The molecular formula is C26H31ClFN5O3. The van der Waals surface area contributed by atoms with Crippen LogP contribution < -0.4 is 0 Å². The second-order valence-electron chi connectivity index (χ2n) is 11.7. The summed E-state index contributed by atoms with van der Waals surface area (Å²) in [5.41, 5.74) is 0.693. The maximum absolute atomic E-state index is 13.5. The van der Waals surface area contributed by atoms with E-state index in [4.69, 9.17) is 11.6 Å². The van der Waals surface area contributed by atoms with Crippen LogP contribution in [-0.2, 0) is 16.9 Å². The standard InChI is InChI=1S/C26H31ClFN5O3/c27-23-8-21(28)2-1-20(23)15-30-3-5-31(6-4-30)24(34)13-25-9-18-7-19(10-25)12-26(11-18,17-25)32-16-22(14-29-32)33(35)36/h1-2,8,14,16,18-19H,3-7,9-13,15,17H2. The first-order valence-electron chi connectivity index (χ1n) is 12.9. The highest BCUT2D eigenvalue weighted by molar-refractivity contribution is 6.31. The maximum atomic E-state index is 13.5. The fourth-order valence-corrected chi connectivity index (χ4v) is 8.25. The van der Waals surface area contributed by atoms with E-state index in [1.54, 1.807) is 12.3 Å². The van der Waals surface area contributed by atoms with Gasteiger partial charge in [0.15, 0.2) is 0 Å². The number of nitro groups is 1. The lowest BCUT2D eigenvalue weighted by Crippen LogP contribution is -2.58. The van der Waals surface area contributed by atoms with E-state index < -0.39 is 0 Å². The van der Waals surface area contributed by atoms with E-state index in [1.807, 2.05) is 9.58 Å². The van der Waals surface area contributed by atoms with Crippen molar-refractivity contribution in [3.8, 4) is 0 Å². The minimum absolute atomic E-state index is 0.0377. The first kappa shape index (κ1) is 23.9. The Hall–Kier alpha value is -2.52. The molecular weight excluding hydrogens is 485 g/mol. The zero-order chi connectivity index (χ0) is 25.1. The molecule has 1 saturated heterocycles. The van der Waals surface area contributed by atoms with Crippen molar-refractivity contribution in [3.05, 3.63) is 57.1 Å². The molecule has 7 rings (SSSR count). The molecule has 1 aliphatic heterocycles. The monoisotopic (exact) mass is 515 g/mol. The lowest BCUT2D eigenvalue weighted by Gasteiger charge is -2.62. The maximum Gasteiger partial charge on any atom is 0.307 e. The summed E-state index contributed by atoms with van der Waals surface area (Å²) < 4.78 is 15.2. The van der Waals surface area contributed by atoms with Gasteiger partial charge in [0.25, 0.3) is 0 Å². The van der Waals surface area contributed by atoms with Crippen LogP contribution in [0.4, 0.5) is 10.1 Å². The van der Waals surface area contributed by atoms with Crippen molar-refractivity contribution < 1.29 is 14.1 Å². The lowest BCUT2D eigenvalue weighted by molar-refractivity contribution is -0.385. The SMILES string of the molecule is O=C(CC12CC3CC(C1)CC(n1cc([N+](=O)[O-])cn1)(C3)C2)N1CCN(Cc2ccc(F)cc2Cl)CC1. The average molecular weight is 516 g/mol. The third-order valence-corrected chi connectivity index (χ3v) is 9.43. The molecule has 2 atom stereocenters. The van der Waals surface area contributed by atoms with Gasteiger partial charge in [-0.25, -0.2) is 4.39 Å². The number of aromatic nitrogens is 2. The molecule has 0 radical (unpaired) electrons. The van der Waals surface area contributed by atoms with E-state index in [0.717, 1.165) is 50.8 Å². The van der Waals surface area contributed by atoms with Gasteiger partial charge in [0.2, 0.25) is 5.91 Å². The van der Waals surface area contributed by atoms with Gasteiger partial charge in [-0.3, -0.25) is 24.5 Å². The largest absolute Gasteiger partial charge is 0.340 e. The molecule has 4 bridgehead atoms. The molecule has 4 saturated carbocycles. The van der Waals surface area contributed by atoms with Gasteiger partial charge in [0, 0.05) is 44.2 Å². The molecule has 5 aliphatic rings. The van der Waals surface area contributed by atoms with Crippen LogP contribution in [0.2, 0.25) is 5.02 Å². The first-order chi connectivity index (χ1) is 17.2. The van der Waals surface area contributed by atoms with Crippen LogP contribution in [0.5, 0.6) is 0 Å². The number of amides is 1. The molecule has 0 N–H and O–H groups in total. The van der Waals surface area contributed by atoms with Gasteiger partial charge in [0.05, 0.1) is 10.5 Å². The van der Waals surface area contributed by atoms with E-state index in [-0.39, 0.29) is 33.3 Å². The van der Waals surface area contributed by atoms with Crippen molar-refractivity contribution in [3.63, 3.8) is 0 Å². The van der Waals surface area contributed by atoms with E-state index >= 15 is 0 Å². The highest BCUT2D eigenvalue weighted by Gasteiger charge is 2.59. The van der Waals surface area contributed by atoms with Gasteiger partial charge < -0.3 is 4.90 Å². The Kier molecular flexibility index (Phi) is 5.83. The van der Waals surface area contributed by atoms with Gasteiger partial charge in [-0.2, -0.15) is 5.10 Å². The fraction of sp³-hybridized carbons (Fsp3) is 0.615. The molecule has 1 aromatic carbocycles. The Labute approximate surface area is 214 Å². The molecule has 2 aromatic rings. The van der Waals surface area contributed by atoms with Crippen molar-refractivity contribution in [1.29, 1.82) is 0 Å². The average Bonchev–Trinajstić information content (AvgIpc) is 3.32.